The van der Waals surface area contributed by atoms with Crippen molar-refractivity contribution in [1.82, 2.24) is 15.3 Å². The number of carbonyl (C=O) groups is 1. The van der Waals surface area contributed by atoms with E-state index >= 15 is 0 Å². The van der Waals surface area contributed by atoms with Gasteiger partial charge in [0, 0.05) is 42.8 Å². The highest BCUT2D eigenvalue weighted by Crippen LogP contribution is 2.46. The van der Waals surface area contributed by atoms with Crippen LogP contribution in [0.15, 0.2) is 12.1 Å². The number of hydrogen-bond donors (Lipinski definition) is 2. The molecule has 0 radical (unpaired) electrons. The molecule has 0 unspecified atom stereocenters. The van der Waals surface area contributed by atoms with E-state index in [9.17, 15) is 9.18 Å². The first kappa shape index (κ1) is 19.5. The van der Waals surface area contributed by atoms with Gasteiger partial charge in [-0.1, -0.05) is 6.92 Å². The number of rotatable bonds is 5. The van der Waals surface area contributed by atoms with Crippen molar-refractivity contribution in [1.29, 1.82) is 0 Å². The molecule has 2 aliphatic carbocycles. The van der Waals surface area contributed by atoms with Gasteiger partial charge in [-0.15, -0.1) is 0 Å². The van der Waals surface area contributed by atoms with E-state index in [1.54, 1.807) is 11.5 Å². The third kappa shape index (κ3) is 3.49. The smallest absolute Gasteiger partial charge is 0.274 e. The summed E-state index contributed by atoms with van der Waals surface area (Å²) in [4.78, 5) is 17.2. The van der Waals surface area contributed by atoms with Crippen LogP contribution in [0.4, 0.5) is 4.39 Å². The molecule has 29 heavy (non-hydrogen) atoms. The second-order valence-electron chi connectivity index (χ2n) is 9.55. The quantitative estimate of drug-likeness (QED) is 0.586. The monoisotopic (exact) mass is 401 g/mol. The van der Waals surface area contributed by atoms with Crippen molar-refractivity contribution in [2.45, 2.75) is 89.0 Å². The molecule has 6 rings (SSSR count). The van der Waals surface area contributed by atoms with Gasteiger partial charge in [0.15, 0.2) is 0 Å². The molecule has 0 aromatic heterocycles. The fourth-order valence-electron chi connectivity index (χ4n) is 6.31. The highest BCUT2D eigenvalue weighted by atomic mass is 19.1. The first-order chi connectivity index (χ1) is 14.1. The Morgan fingerprint density at radius 2 is 1.86 bits per heavy atom. The molecule has 2 atom stereocenters. The highest BCUT2D eigenvalue weighted by molar-refractivity contribution is 5.93. The number of benzene rings is 1. The van der Waals surface area contributed by atoms with Crippen molar-refractivity contribution < 1.29 is 14.4 Å². The summed E-state index contributed by atoms with van der Waals surface area (Å²) in [6.45, 7) is 3.93. The molecular weight excluding hydrogens is 369 g/mol. The molecule has 5 nitrogen and oxygen atoms in total. The number of nitrogens with one attached hydrogen (secondary N) is 1. The molecule has 1 aromatic carbocycles. The SMILES string of the molecule is CC[C@@H]1Cc2c(F)cc(C(=O)NO)cc2CN1C[C@H]1C2CCC(CC2)N1C1CC1. The fraction of sp³-hybridized carbons (Fsp3) is 0.696. The third-order valence-corrected chi connectivity index (χ3v) is 7.93. The van der Waals surface area contributed by atoms with Crippen LogP contribution in [0, 0.1) is 11.7 Å². The van der Waals surface area contributed by atoms with Gasteiger partial charge in [0.2, 0.25) is 0 Å². The van der Waals surface area contributed by atoms with E-state index in [1.165, 1.54) is 44.6 Å². The average molecular weight is 402 g/mol. The zero-order valence-electron chi connectivity index (χ0n) is 17.2. The van der Waals surface area contributed by atoms with Gasteiger partial charge >= 0.3 is 0 Å². The van der Waals surface area contributed by atoms with E-state index in [4.69, 9.17) is 5.21 Å². The van der Waals surface area contributed by atoms with E-state index in [1.807, 2.05) is 0 Å². The molecule has 5 aliphatic rings. The van der Waals surface area contributed by atoms with Gasteiger partial charge in [0.25, 0.3) is 5.91 Å². The number of halogens is 1. The van der Waals surface area contributed by atoms with E-state index in [0.29, 0.717) is 25.0 Å². The Balaban J connectivity index is 1.41. The van der Waals surface area contributed by atoms with Crippen molar-refractivity contribution in [3.63, 3.8) is 0 Å². The molecule has 1 aromatic rings. The molecule has 0 spiro atoms. The van der Waals surface area contributed by atoms with Crippen molar-refractivity contribution >= 4 is 5.91 Å². The van der Waals surface area contributed by atoms with E-state index < -0.39 is 5.91 Å². The van der Waals surface area contributed by atoms with Gasteiger partial charge in [-0.2, -0.15) is 0 Å². The minimum absolute atomic E-state index is 0.190. The second-order valence-corrected chi connectivity index (χ2v) is 9.55. The maximum atomic E-state index is 14.7. The maximum absolute atomic E-state index is 14.7. The lowest BCUT2D eigenvalue weighted by Gasteiger charge is -2.54. The number of carbonyl (C=O) groups excluding carboxylic acids is 1. The highest BCUT2D eigenvalue weighted by Gasteiger charge is 2.48. The van der Waals surface area contributed by atoms with Crippen LogP contribution in [0.5, 0.6) is 0 Å². The minimum Gasteiger partial charge on any atom is -0.294 e. The molecule has 2 N–H and O–H groups in total. The Bertz CT molecular complexity index is 789. The number of hydroxylamine groups is 1. The molecule has 6 heteroatoms. The third-order valence-electron chi connectivity index (χ3n) is 7.93. The van der Waals surface area contributed by atoms with Crippen LogP contribution >= 0.6 is 0 Å². The zero-order valence-corrected chi connectivity index (χ0v) is 17.2. The predicted molar refractivity (Wildman–Crippen MR) is 108 cm³/mol. The van der Waals surface area contributed by atoms with Gasteiger partial charge in [-0.25, -0.2) is 9.87 Å². The molecule has 3 heterocycles. The largest absolute Gasteiger partial charge is 0.294 e. The van der Waals surface area contributed by atoms with Crippen LogP contribution in [-0.4, -0.2) is 51.6 Å². The lowest BCUT2D eigenvalue weighted by Crippen LogP contribution is -2.60. The molecule has 4 fully saturated rings. The lowest BCUT2D eigenvalue weighted by molar-refractivity contribution is -0.0421. The van der Waals surface area contributed by atoms with E-state index in [0.717, 1.165) is 42.1 Å². The lowest BCUT2D eigenvalue weighted by atomic mass is 9.74. The zero-order chi connectivity index (χ0) is 20.1. The summed E-state index contributed by atoms with van der Waals surface area (Å²) < 4.78 is 14.7. The molecular formula is C23H32FN3O2. The Hall–Kier alpha value is -1.50. The first-order valence-electron chi connectivity index (χ1n) is 11.4. The first-order valence-corrected chi connectivity index (χ1v) is 11.4. The Labute approximate surface area is 172 Å². The molecule has 2 bridgehead atoms. The standard InChI is InChI=1S/C23H32FN3O2/c1-2-17-11-20-16(9-15(10-21(20)24)23(28)25-29)12-26(17)13-22-14-3-5-18(6-4-14)27(22)19-7-8-19/h9-10,14,17-19,22,29H,2-8,11-13H2,1H3,(H,25,28)/t14?,17-,18?,22+/m1/s1. The number of amides is 1. The molecule has 2 saturated heterocycles. The van der Waals surface area contributed by atoms with E-state index in [-0.39, 0.29) is 11.4 Å². The van der Waals surface area contributed by atoms with Gasteiger partial charge < -0.3 is 0 Å². The van der Waals surface area contributed by atoms with Crippen molar-refractivity contribution in [2.24, 2.45) is 5.92 Å². The summed E-state index contributed by atoms with van der Waals surface area (Å²) in [5.41, 5.74) is 3.46. The van der Waals surface area contributed by atoms with Crippen molar-refractivity contribution in [3.8, 4) is 0 Å². The molecule has 3 aliphatic heterocycles. The average Bonchev–Trinajstić information content (AvgIpc) is 3.58. The van der Waals surface area contributed by atoms with Crippen molar-refractivity contribution in [2.75, 3.05) is 6.54 Å². The topological polar surface area (TPSA) is 55.8 Å². The normalized spacial score (nSPS) is 32.2. The van der Waals surface area contributed by atoms with Crippen LogP contribution in [0.3, 0.4) is 0 Å². The summed E-state index contributed by atoms with van der Waals surface area (Å²) in [5, 5.41) is 8.94. The van der Waals surface area contributed by atoms with Gasteiger partial charge in [0.1, 0.15) is 5.82 Å². The van der Waals surface area contributed by atoms with Gasteiger partial charge in [0.05, 0.1) is 0 Å². The number of hydrogen-bond acceptors (Lipinski definition) is 4. The van der Waals surface area contributed by atoms with Crippen molar-refractivity contribution in [3.05, 3.63) is 34.6 Å². The van der Waals surface area contributed by atoms with Crippen LogP contribution in [0.1, 0.15) is 73.4 Å². The fourth-order valence-corrected chi connectivity index (χ4v) is 6.31. The maximum Gasteiger partial charge on any atom is 0.274 e. The number of piperidine rings is 2. The van der Waals surface area contributed by atoms with Crippen LogP contribution in [-0.2, 0) is 13.0 Å². The predicted octanol–water partition coefficient (Wildman–Crippen LogP) is 3.49. The minimum atomic E-state index is -0.652. The summed E-state index contributed by atoms with van der Waals surface area (Å²) in [5.74, 6) is -0.182. The van der Waals surface area contributed by atoms with Crippen LogP contribution in [0.2, 0.25) is 0 Å². The number of fused-ring (bicyclic) bond motifs is 4. The number of nitrogens with zero attached hydrogens (tertiary/aromatic N) is 2. The summed E-state index contributed by atoms with van der Waals surface area (Å²) in [7, 11) is 0. The Kier molecular flexibility index (Phi) is 5.13. The van der Waals surface area contributed by atoms with Crippen LogP contribution < -0.4 is 5.48 Å². The Morgan fingerprint density at radius 3 is 2.48 bits per heavy atom. The Morgan fingerprint density at radius 1 is 1.17 bits per heavy atom. The molecule has 1 amide bonds. The summed E-state index contributed by atoms with van der Waals surface area (Å²) >= 11 is 0. The summed E-state index contributed by atoms with van der Waals surface area (Å²) in [6, 6.07) is 5.54. The summed E-state index contributed by atoms with van der Waals surface area (Å²) in [6.07, 6.45) is 9.84. The van der Waals surface area contributed by atoms with Gasteiger partial charge in [-0.05, 0) is 80.5 Å². The van der Waals surface area contributed by atoms with Gasteiger partial charge in [-0.3, -0.25) is 19.8 Å². The molecule has 158 valence electrons. The second kappa shape index (κ2) is 7.64. The van der Waals surface area contributed by atoms with Crippen LogP contribution in [0.25, 0.3) is 0 Å². The molecule has 2 saturated carbocycles. The van der Waals surface area contributed by atoms with E-state index in [2.05, 4.69) is 16.7 Å².